The molecule has 2 aromatic heterocycles. The first kappa shape index (κ1) is 17.3. The van der Waals surface area contributed by atoms with Crippen LogP contribution in [0.5, 0.6) is 5.75 Å². The Kier molecular flexibility index (Phi) is 5.07. The van der Waals surface area contributed by atoms with Crippen LogP contribution in [0, 0.1) is 6.92 Å². The van der Waals surface area contributed by atoms with Crippen molar-refractivity contribution in [2.75, 3.05) is 20.2 Å². The van der Waals surface area contributed by atoms with E-state index in [4.69, 9.17) is 4.74 Å². The van der Waals surface area contributed by atoms with Crippen LogP contribution in [0.4, 0.5) is 0 Å². The van der Waals surface area contributed by atoms with Gasteiger partial charge in [-0.15, -0.1) is 5.10 Å². The first-order valence-electron chi connectivity index (χ1n) is 7.97. The van der Waals surface area contributed by atoms with Crippen molar-refractivity contribution in [3.05, 3.63) is 53.6 Å². The van der Waals surface area contributed by atoms with Gasteiger partial charge in [0.1, 0.15) is 5.75 Å². The van der Waals surface area contributed by atoms with Crippen LogP contribution in [-0.4, -0.2) is 51.6 Å². The van der Waals surface area contributed by atoms with Gasteiger partial charge in [0.05, 0.1) is 7.11 Å². The second-order valence-corrected chi connectivity index (χ2v) is 5.48. The Morgan fingerprint density at radius 3 is 2.65 bits per heavy atom. The molecule has 3 aromatic rings. The molecular formula is C17H18N6O3. The van der Waals surface area contributed by atoms with Crippen LogP contribution < -0.4 is 15.4 Å². The molecule has 9 heteroatoms. The molecule has 9 nitrogen and oxygen atoms in total. The normalized spacial score (nSPS) is 10.5. The highest BCUT2D eigenvalue weighted by atomic mass is 16.5. The van der Waals surface area contributed by atoms with Gasteiger partial charge in [0, 0.05) is 30.5 Å². The van der Waals surface area contributed by atoms with Crippen LogP contribution in [0.3, 0.4) is 0 Å². The Balaban J connectivity index is 1.51. The summed E-state index contributed by atoms with van der Waals surface area (Å²) in [6.07, 6.45) is 1.61. The summed E-state index contributed by atoms with van der Waals surface area (Å²) in [5.74, 6) is 0.328. The molecule has 0 fully saturated rings. The van der Waals surface area contributed by atoms with Crippen LogP contribution in [0.25, 0.3) is 5.78 Å². The predicted octanol–water partition coefficient (Wildman–Crippen LogP) is 0.601. The summed E-state index contributed by atoms with van der Waals surface area (Å²) in [7, 11) is 1.54. The molecule has 134 valence electrons. The third kappa shape index (κ3) is 3.77. The third-order valence-electron chi connectivity index (χ3n) is 3.66. The molecule has 0 aliphatic rings. The van der Waals surface area contributed by atoms with Crippen molar-refractivity contribution in [3.8, 4) is 5.75 Å². The summed E-state index contributed by atoms with van der Waals surface area (Å²) < 4.78 is 6.59. The molecule has 0 saturated carbocycles. The zero-order valence-corrected chi connectivity index (χ0v) is 14.4. The topological polar surface area (TPSA) is 111 Å². The number of nitrogens with one attached hydrogen (secondary N) is 2. The van der Waals surface area contributed by atoms with E-state index < -0.39 is 5.91 Å². The van der Waals surface area contributed by atoms with Crippen LogP contribution in [0.15, 0.2) is 36.5 Å². The fraction of sp³-hybridized carbons (Fsp3) is 0.235. The maximum absolute atomic E-state index is 12.1. The molecule has 0 unspecified atom stereocenters. The van der Waals surface area contributed by atoms with Crippen LogP contribution in [0.1, 0.15) is 26.7 Å². The lowest BCUT2D eigenvalue weighted by Crippen LogP contribution is -2.35. The zero-order valence-electron chi connectivity index (χ0n) is 14.4. The first-order chi connectivity index (χ1) is 12.6. The van der Waals surface area contributed by atoms with Crippen molar-refractivity contribution in [3.63, 3.8) is 0 Å². The highest BCUT2D eigenvalue weighted by Gasteiger charge is 2.14. The molecule has 3 rings (SSSR count). The summed E-state index contributed by atoms with van der Waals surface area (Å²) >= 11 is 0. The van der Waals surface area contributed by atoms with Gasteiger partial charge in [-0.1, -0.05) is 6.07 Å². The summed E-state index contributed by atoms with van der Waals surface area (Å²) in [6, 6.07) is 8.60. The number of amides is 2. The number of ether oxygens (including phenoxy) is 1. The molecule has 1 aromatic carbocycles. The van der Waals surface area contributed by atoms with Gasteiger partial charge in [-0.2, -0.15) is 4.98 Å². The maximum Gasteiger partial charge on any atom is 0.291 e. The van der Waals surface area contributed by atoms with Gasteiger partial charge < -0.3 is 15.4 Å². The van der Waals surface area contributed by atoms with Crippen LogP contribution >= 0.6 is 0 Å². The zero-order chi connectivity index (χ0) is 18.5. The summed E-state index contributed by atoms with van der Waals surface area (Å²) in [5.41, 5.74) is 1.31. The number of aromatic nitrogens is 4. The molecule has 0 radical (unpaired) electrons. The van der Waals surface area contributed by atoms with E-state index in [1.54, 1.807) is 36.5 Å². The minimum Gasteiger partial charge on any atom is -0.497 e. The van der Waals surface area contributed by atoms with E-state index in [2.05, 4.69) is 25.7 Å². The van der Waals surface area contributed by atoms with E-state index in [-0.39, 0.29) is 24.8 Å². The molecule has 0 saturated heterocycles. The molecule has 2 amide bonds. The summed E-state index contributed by atoms with van der Waals surface area (Å²) in [6.45, 7) is 2.36. The van der Waals surface area contributed by atoms with Gasteiger partial charge in [-0.05, 0) is 31.2 Å². The molecule has 0 bridgehead atoms. The number of carbonyl (C=O) groups is 2. The first-order valence-corrected chi connectivity index (χ1v) is 7.97. The minimum atomic E-state index is -0.425. The second kappa shape index (κ2) is 7.60. The van der Waals surface area contributed by atoms with Crippen molar-refractivity contribution in [2.24, 2.45) is 0 Å². The van der Waals surface area contributed by atoms with Crippen molar-refractivity contribution < 1.29 is 14.3 Å². The molecule has 26 heavy (non-hydrogen) atoms. The number of rotatable bonds is 6. The SMILES string of the molecule is COc1cccc(C(=O)NCCNC(=O)c2nc3nccc(C)n3n2)c1. The van der Waals surface area contributed by atoms with Crippen LogP contribution in [-0.2, 0) is 0 Å². The van der Waals surface area contributed by atoms with Crippen LogP contribution in [0.2, 0.25) is 0 Å². The lowest BCUT2D eigenvalue weighted by Gasteiger charge is -2.07. The summed E-state index contributed by atoms with van der Waals surface area (Å²) in [4.78, 5) is 32.3. The van der Waals surface area contributed by atoms with Gasteiger partial charge >= 0.3 is 0 Å². The quantitative estimate of drug-likeness (QED) is 0.627. The molecule has 0 spiro atoms. The van der Waals surface area contributed by atoms with E-state index >= 15 is 0 Å². The molecule has 2 N–H and O–H groups in total. The highest BCUT2D eigenvalue weighted by molar-refractivity contribution is 5.94. The number of hydrogen-bond donors (Lipinski definition) is 2. The van der Waals surface area contributed by atoms with E-state index in [0.29, 0.717) is 17.1 Å². The maximum atomic E-state index is 12.1. The molecule has 2 heterocycles. The number of aryl methyl sites for hydroxylation is 1. The molecule has 0 atom stereocenters. The van der Waals surface area contributed by atoms with Gasteiger partial charge in [0.25, 0.3) is 17.6 Å². The number of methoxy groups -OCH3 is 1. The van der Waals surface area contributed by atoms with E-state index in [1.807, 2.05) is 6.92 Å². The molecular weight excluding hydrogens is 336 g/mol. The Morgan fingerprint density at radius 2 is 1.92 bits per heavy atom. The predicted molar refractivity (Wildman–Crippen MR) is 93.2 cm³/mol. The van der Waals surface area contributed by atoms with Gasteiger partial charge in [-0.3, -0.25) is 9.59 Å². The Labute approximate surface area is 149 Å². The fourth-order valence-corrected chi connectivity index (χ4v) is 2.30. The lowest BCUT2D eigenvalue weighted by atomic mass is 10.2. The summed E-state index contributed by atoms with van der Waals surface area (Å²) in [5, 5.41) is 9.51. The van der Waals surface area contributed by atoms with Crippen molar-refractivity contribution in [2.45, 2.75) is 6.92 Å². The average molecular weight is 354 g/mol. The van der Waals surface area contributed by atoms with Gasteiger partial charge in [-0.25, -0.2) is 9.50 Å². The standard InChI is InChI=1S/C17H18N6O3/c1-11-6-7-20-17-21-14(22-23(11)17)16(25)19-9-8-18-15(24)12-4-3-5-13(10-12)26-2/h3-7,10H,8-9H2,1-2H3,(H,18,24)(H,19,25). The highest BCUT2D eigenvalue weighted by Crippen LogP contribution is 2.12. The van der Waals surface area contributed by atoms with Crippen molar-refractivity contribution in [1.29, 1.82) is 0 Å². The third-order valence-corrected chi connectivity index (χ3v) is 3.66. The Bertz CT molecular complexity index is 953. The number of fused-ring (bicyclic) bond motifs is 1. The lowest BCUT2D eigenvalue weighted by molar-refractivity contribution is 0.0922. The second-order valence-electron chi connectivity index (χ2n) is 5.48. The number of benzene rings is 1. The Hall–Kier alpha value is -3.49. The van der Waals surface area contributed by atoms with Gasteiger partial charge in [0.2, 0.25) is 5.82 Å². The monoisotopic (exact) mass is 354 g/mol. The molecule has 0 aliphatic heterocycles. The average Bonchev–Trinajstić information content (AvgIpc) is 3.11. The number of nitrogens with zero attached hydrogens (tertiary/aromatic N) is 4. The van der Waals surface area contributed by atoms with E-state index in [0.717, 1.165) is 5.69 Å². The smallest absolute Gasteiger partial charge is 0.291 e. The van der Waals surface area contributed by atoms with E-state index in [9.17, 15) is 9.59 Å². The largest absolute Gasteiger partial charge is 0.497 e. The van der Waals surface area contributed by atoms with Crippen molar-refractivity contribution >= 4 is 17.6 Å². The Morgan fingerprint density at radius 1 is 1.15 bits per heavy atom. The number of hydrogen-bond acceptors (Lipinski definition) is 6. The van der Waals surface area contributed by atoms with Crippen molar-refractivity contribution in [1.82, 2.24) is 30.2 Å². The molecule has 0 aliphatic carbocycles. The minimum absolute atomic E-state index is 0.0333. The fourth-order valence-electron chi connectivity index (χ4n) is 2.30. The number of carbonyl (C=O) groups excluding carboxylic acids is 2. The van der Waals surface area contributed by atoms with Gasteiger partial charge in [0.15, 0.2) is 0 Å². The van der Waals surface area contributed by atoms with E-state index in [1.165, 1.54) is 11.6 Å².